The van der Waals surface area contributed by atoms with Gasteiger partial charge < -0.3 is 10.1 Å². The Morgan fingerprint density at radius 2 is 2.18 bits per heavy atom. The molecule has 1 fully saturated rings. The van der Waals surface area contributed by atoms with E-state index >= 15 is 0 Å². The second kappa shape index (κ2) is 6.36. The average Bonchev–Trinajstić information content (AvgIpc) is 2.49. The van der Waals surface area contributed by atoms with Crippen molar-refractivity contribution in [3.05, 3.63) is 39.4 Å². The first-order valence-corrected chi connectivity index (χ1v) is 7.99. The molecule has 22 heavy (non-hydrogen) atoms. The van der Waals surface area contributed by atoms with Gasteiger partial charge in [-0.1, -0.05) is 11.6 Å². The number of hydrogen-bond acceptors (Lipinski definition) is 4. The van der Waals surface area contributed by atoms with E-state index in [2.05, 4.69) is 14.9 Å². The summed E-state index contributed by atoms with van der Waals surface area (Å²) in [5, 5.41) is 10.7. The fourth-order valence-corrected chi connectivity index (χ4v) is 3.21. The van der Waals surface area contributed by atoms with Crippen molar-refractivity contribution in [2.24, 2.45) is 5.92 Å². The summed E-state index contributed by atoms with van der Waals surface area (Å²) < 4.78 is 0. The maximum absolute atomic E-state index is 12.1. The number of aliphatic hydroxyl groups excluding tert-OH is 1. The number of aliphatic hydroxyl groups is 1. The number of likely N-dealkylation sites (tertiary alicyclic amines) is 1. The number of nitrogens with one attached hydrogen (secondary N) is 1. The number of aromatic amines is 1. The molecule has 2 aromatic rings. The Morgan fingerprint density at radius 3 is 2.86 bits per heavy atom. The molecule has 3 rings (SSSR count). The van der Waals surface area contributed by atoms with E-state index in [1.165, 1.54) is 0 Å². The van der Waals surface area contributed by atoms with E-state index in [-0.39, 0.29) is 11.7 Å². The van der Waals surface area contributed by atoms with E-state index in [4.69, 9.17) is 11.6 Å². The van der Waals surface area contributed by atoms with Crippen molar-refractivity contribution in [2.75, 3.05) is 13.1 Å². The molecule has 1 aromatic carbocycles. The highest BCUT2D eigenvalue weighted by molar-refractivity contribution is 6.31. The zero-order chi connectivity index (χ0) is 15.7. The summed E-state index contributed by atoms with van der Waals surface area (Å²) in [4.78, 5) is 21.8. The lowest BCUT2D eigenvalue weighted by atomic mass is 9.92. The van der Waals surface area contributed by atoms with Crippen molar-refractivity contribution in [1.82, 2.24) is 14.9 Å². The van der Waals surface area contributed by atoms with Crippen LogP contribution in [0.2, 0.25) is 5.02 Å². The van der Waals surface area contributed by atoms with Crippen LogP contribution in [-0.4, -0.2) is 39.2 Å². The third-order valence-corrected chi connectivity index (χ3v) is 4.64. The van der Waals surface area contributed by atoms with Gasteiger partial charge in [0, 0.05) is 5.02 Å². The van der Waals surface area contributed by atoms with Crippen molar-refractivity contribution in [1.29, 1.82) is 0 Å². The van der Waals surface area contributed by atoms with Gasteiger partial charge in [0.25, 0.3) is 5.56 Å². The predicted octanol–water partition coefficient (Wildman–Crippen LogP) is 2.17. The van der Waals surface area contributed by atoms with Gasteiger partial charge in [-0.25, -0.2) is 4.98 Å². The zero-order valence-corrected chi connectivity index (χ0v) is 13.3. The first kappa shape index (κ1) is 15.5. The van der Waals surface area contributed by atoms with Crippen molar-refractivity contribution >= 4 is 22.5 Å². The fraction of sp³-hybridized carbons (Fsp3) is 0.500. The van der Waals surface area contributed by atoms with Crippen LogP contribution >= 0.6 is 11.6 Å². The fourth-order valence-electron chi connectivity index (χ4n) is 3.04. The number of halogens is 1. The SMILES string of the molecule is CC(O)C1CCN(Cc2nc3ccc(Cl)cc3c(=O)[nH]2)CC1. The number of piperidine rings is 1. The van der Waals surface area contributed by atoms with E-state index in [1.54, 1.807) is 18.2 Å². The molecule has 1 aliphatic rings. The van der Waals surface area contributed by atoms with Crippen molar-refractivity contribution < 1.29 is 5.11 Å². The highest BCUT2D eigenvalue weighted by Crippen LogP contribution is 2.21. The summed E-state index contributed by atoms with van der Waals surface area (Å²) in [7, 11) is 0. The summed E-state index contributed by atoms with van der Waals surface area (Å²) in [6.45, 7) is 4.31. The minimum atomic E-state index is -0.245. The predicted molar refractivity (Wildman–Crippen MR) is 87.1 cm³/mol. The Balaban J connectivity index is 1.75. The standard InChI is InChI=1S/C16H20ClN3O2/c1-10(21)11-4-6-20(7-5-11)9-15-18-14-3-2-12(17)8-13(14)16(22)19-15/h2-3,8,10-11,21H,4-7,9H2,1H3,(H,18,19,22). The Kier molecular flexibility index (Phi) is 4.47. The zero-order valence-electron chi connectivity index (χ0n) is 12.6. The Labute approximate surface area is 133 Å². The molecule has 1 aromatic heterocycles. The largest absolute Gasteiger partial charge is 0.393 e. The van der Waals surface area contributed by atoms with E-state index in [9.17, 15) is 9.90 Å². The lowest BCUT2D eigenvalue weighted by Crippen LogP contribution is -2.37. The van der Waals surface area contributed by atoms with E-state index in [0.29, 0.717) is 34.2 Å². The lowest BCUT2D eigenvalue weighted by molar-refractivity contribution is 0.0687. The van der Waals surface area contributed by atoms with Gasteiger partial charge in [-0.3, -0.25) is 9.69 Å². The number of H-pyrrole nitrogens is 1. The summed E-state index contributed by atoms with van der Waals surface area (Å²) >= 11 is 5.92. The molecule has 2 heterocycles. The van der Waals surface area contributed by atoms with Crippen molar-refractivity contribution in [3.8, 4) is 0 Å². The molecule has 2 N–H and O–H groups in total. The molecule has 1 unspecified atom stereocenters. The Morgan fingerprint density at radius 1 is 1.45 bits per heavy atom. The van der Waals surface area contributed by atoms with Crippen LogP contribution in [0.25, 0.3) is 10.9 Å². The molecule has 1 aliphatic heterocycles. The van der Waals surface area contributed by atoms with Crippen LogP contribution in [0.15, 0.2) is 23.0 Å². The van der Waals surface area contributed by atoms with Crippen LogP contribution in [0.3, 0.4) is 0 Å². The molecule has 5 nitrogen and oxygen atoms in total. The number of aromatic nitrogens is 2. The van der Waals surface area contributed by atoms with Gasteiger partial charge in [0.15, 0.2) is 0 Å². The minimum absolute atomic E-state index is 0.152. The molecule has 0 spiro atoms. The number of hydrogen-bond donors (Lipinski definition) is 2. The maximum Gasteiger partial charge on any atom is 0.258 e. The van der Waals surface area contributed by atoms with Crippen LogP contribution < -0.4 is 5.56 Å². The molecule has 1 saturated heterocycles. The van der Waals surface area contributed by atoms with E-state index < -0.39 is 0 Å². The normalized spacial score (nSPS) is 18.7. The van der Waals surface area contributed by atoms with Crippen LogP contribution in [0.5, 0.6) is 0 Å². The summed E-state index contributed by atoms with van der Waals surface area (Å²) in [5.74, 6) is 1.05. The average molecular weight is 322 g/mol. The van der Waals surface area contributed by atoms with Crippen molar-refractivity contribution in [2.45, 2.75) is 32.4 Å². The summed E-state index contributed by atoms with van der Waals surface area (Å²) in [5.41, 5.74) is 0.517. The molecule has 1 atom stereocenters. The highest BCUT2D eigenvalue weighted by atomic mass is 35.5. The van der Waals surface area contributed by atoms with Crippen LogP contribution in [-0.2, 0) is 6.54 Å². The molecule has 0 saturated carbocycles. The van der Waals surface area contributed by atoms with E-state index in [1.807, 2.05) is 6.92 Å². The summed E-state index contributed by atoms with van der Waals surface area (Å²) in [6, 6.07) is 5.16. The Bertz CT molecular complexity index is 721. The molecule has 0 aliphatic carbocycles. The van der Waals surface area contributed by atoms with Gasteiger partial charge in [0.1, 0.15) is 5.82 Å². The maximum atomic E-state index is 12.1. The third-order valence-electron chi connectivity index (χ3n) is 4.40. The second-order valence-electron chi connectivity index (χ2n) is 6.03. The number of rotatable bonds is 3. The van der Waals surface area contributed by atoms with Gasteiger partial charge in [-0.05, 0) is 57.0 Å². The number of fused-ring (bicyclic) bond motifs is 1. The highest BCUT2D eigenvalue weighted by Gasteiger charge is 2.23. The molecule has 118 valence electrons. The van der Waals surface area contributed by atoms with Gasteiger partial charge >= 0.3 is 0 Å². The van der Waals surface area contributed by atoms with Gasteiger partial charge in [0.2, 0.25) is 0 Å². The third kappa shape index (κ3) is 3.32. The minimum Gasteiger partial charge on any atom is -0.393 e. The summed E-state index contributed by atoms with van der Waals surface area (Å²) in [6.07, 6.45) is 1.71. The lowest BCUT2D eigenvalue weighted by Gasteiger charge is -2.32. The quantitative estimate of drug-likeness (QED) is 0.909. The smallest absolute Gasteiger partial charge is 0.258 e. The molecular weight excluding hydrogens is 302 g/mol. The monoisotopic (exact) mass is 321 g/mol. The number of nitrogens with zero attached hydrogens (tertiary/aromatic N) is 2. The Hall–Kier alpha value is -1.43. The van der Waals surface area contributed by atoms with Gasteiger partial charge in [-0.2, -0.15) is 0 Å². The van der Waals surface area contributed by atoms with Crippen LogP contribution in [0.1, 0.15) is 25.6 Å². The molecule has 6 heteroatoms. The van der Waals surface area contributed by atoms with Crippen LogP contribution in [0.4, 0.5) is 0 Å². The molecule has 0 amide bonds. The topological polar surface area (TPSA) is 69.2 Å². The number of benzene rings is 1. The first-order chi connectivity index (χ1) is 10.5. The van der Waals surface area contributed by atoms with Gasteiger partial charge in [0.05, 0.1) is 23.6 Å². The molecule has 0 bridgehead atoms. The van der Waals surface area contributed by atoms with Crippen molar-refractivity contribution in [3.63, 3.8) is 0 Å². The van der Waals surface area contributed by atoms with E-state index in [0.717, 1.165) is 25.9 Å². The first-order valence-electron chi connectivity index (χ1n) is 7.62. The molecular formula is C16H20ClN3O2. The molecule has 0 radical (unpaired) electrons. The second-order valence-corrected chi connectivity index (χ2v) is 6.46. The van der Waals surface area contributed by atoms with Gasteiger partial charge in [-0.15, -0.1) is 0 Å². The van der Waals surface area contributed by atoms with Crippen LogP contribution in [0, 0.1) is 5.92 Å².